The Morgan fingerprint density at radius 1 is 0.933 bits per heavy atom. The number of piperazine rings is 1. The Balaban J connectivity index is 1.24. The molecule has 0 saturated carbocycles. The SMILES string of the molecule is O=C1C[C@@H](C(=O)N2CCN(Cc3ccccc3)CC2)CN1CCc1ccc(F)cc1. The highest BCUT2D eigenvalue weighted by atomic mass is 19.1. The minimum absolute atomic E-state index is 0.0400. The van der Waals surface area contributed by atoms with Gasteiger partial charge in [-0.15, -0.1) is 0 Å². The number of likely N-dealkylation sites (tertiary alicyclic amines) is 1. The first-order valence-electron chi connectivity index (χ1n) is 10.7. The summed E-state index contributed by atoms with van der Waals surface area (Å²) in [6.45, 7) is 5.10. The van der Waals surface area contributed by atoms with E-state index in [1.165, 1.54) is 17.7 Å². The highest BCUT2D eigenvalue weighted by molar-refractivity contribution is 5.89. The Hall–Kier alpha value is -2.73. The number of amides is 2. The highest BCUT2D eigenvalue weighted by Gasteiger charge is 2.37. The summed E-state index contributed by atoms with van der Waals surface area (Å²) in [5, 5.41) is 0. The fourth-order valence-corrected chi connectivity index (χ4v) is 4.29. The van der Waals surface area contributed by atoms with Gasteiger partial charge >= 0.3 is 0 Å². The number of rotatable bonds is 6. The Bertz CT molecular complexity index is 864. The van der Waals surface area contributed by atoms with Crippen LogP contribution >= 0.6 is 0 Å². The molecule has 4 rings (SSSR count). The van der Waals surface area contributed by atoms with Gasteiger partial charge in [0.2, 0.25) is 11.8 Å². The number of halogens is 1. The average molecular weight is 410 g/mol. The molecule has 2 amide bonds. The molecule has 30 heavy (non-hydrogen) atoms. The second kappa shape index (κ2) is 9.39. The number of benzene rings is 2. The van der Waals surface area contributed by atoms with Crippen molar-refractivity contribution < 1.29 is 14.0 Å². The molecule has 158 valence electrons. The van der Waals surface area contributed by atoms with Crippen LogP contribution in [-0.2, 0) is 22.6 Å². The molecule has 0 N–H and O–H groups in total. The van der Waals surface area contributed by atoms with Gasteiger partial charge in [-0.3, -0.25) is 14.5 Å². The Morgan fingerprint density at radius 3 is 2.33 bits per heavy atom. The topological polar surface area (TPSA) is 43.9 Å². The van der Waals surface area contributed by atoms with Gasteiger partial charge in [-0.05, 0) is 29.7 Å². The van der Waals surface area contributed by atoms with Crippen molar-refractivity contribution in [2.45, 2.75) is 19.4 Å². The lowest BCUT2D eigenvalue weighted by Gasteiger charge is -2.36. The van der Waals surface area contributed by atoms with E-state index in [1.54, 1.807) is 17.0 Å². The van der Waals surface area contributed by atoms with E-state index in [0.717, 1.165) is 25.2 Å². The fourth-order valence-electron chi connectivity index (χ4n) is 4.29. The van der Waals surface area contributed by atoms with Crippen molar-refractivity contribution in [3.05, 3.63) is 71.5 Å². The van der Waals surface area contributed by atoms with Crippen LogP contribution in [0.15, 0.2) is 54.6 Å². The van der Waals surface area contributed by atoms with Gasteiger partial charge in [0.1, 0.15) is 5.82 Å². The molecule has 0 bridgehead atoms. The standard InChI is InChI=1S/C24H28FN3O2/c25-22-8-6-19(7-9-22)10-11-28-18-21(16-23(28)29)24(30)27-14-12-26(13-15-27)17-20-4-2-1-3-5-20/h1-9,21H,10-18H2/t21-/m1/s1. The summed E-state index contributed by atoms with van der Waals surface area (Å²) in [6.07, 6.45) is 0.970. The highest BCUT2D eigenvalue weighted by Crippen LogP contribution is 2.22. The zero-order chi connectivity index (χ0) is 20.9. The molecule has 2 aliphatic heterocycles. The van der Waals surface area contributed by atoms with Crippen LogP contribution < -0.4 is 0 Å². The summed E-state index contributed by atoms with van der Waals surface area (Å²) in [7, 11) is 0. The lowest BCUT2D eigenvalue weighted by molar-refractivity contribution is -0.137. The molecule has 0 aromatic heterocycles. The van der Waals surface area contributed by atoms with Gasteiger partial charge in [-0.1, -0.05) is 42.5 Å². The van der Waals surface area contributed by atoms with E-state index in [1.807, 2.05) is 23.1 Å². The lowest BCUT2D eigenvalue weighted by atomic mass is 10.1. The number of carbonyl (C=O) groups excluding carboxylic acids is 2. The Morgan fingerprint density at radius 2 is 1.63 bits per heavy atom. The van der Waals surface area contributed by atoms with Crippen molar-refractivity contribution in [1.82, 2.24) is 14.7 Å². The van der Waals surface area contributed by atoms with Gasteiger partial charge in [0, 0.05) is 52.2 Å². The number of hydrogen-bond donors (Lipinski definition) is 0. The molecule has 0 spiro atoms. The van der Waals surface area contributed by atoms with Crippen LogP contribution in [0.25, 0.3) is 0 Å². The third kappa shape index (κ3) is 5.05. The first-order chi connectivity index (χ1) is 14.6. The summed E-state index contributed by atoms with van der Waals surface area (Å²) in [4.78, 5) is 31.4. The maximum absolute atomic E-state index is 13.0. The van der Waals surface area contributed by atoms with E-state index in [4.69, 9.17) is 0 Å². The molecule has 2 fully saturated rings. The molecule has 6 heteroatoms. The zero-order valence-corrected chi connectivity index (χ0v) is 17.2. The fraction of sp³-hybridized carbons (Fsp3) is 0.417. The van der Waals surface area contributed by atoms with Gasteiger partial charge in [0.15, 0.2) is 0 Å². The van der Waals surface area contributed by atoms with E-state index >= 15 is 0 Å². The van der Waals surface area contributed by atoms with Crippen molar-refractivity contribution in [2.24, 2.45) is 5.92 Å². The Labute approximate surface area is 177 Å². The molecular formula is C24H28FN3O2. The van der Waals surface area contributed by atoms with Crippen molar-refractivity contribution in [1.29, 1.82) is 0 Å². The second-order valence-electron chi connectivity index (χ2n) is 8.20. The maximum Gasteiger partial charge on any atom is 0.228 e. The predicted molar refractivity (Wildman–Crippen MR) is 113 cm³/mol. The zero-order valence-electron chi connectivity index (χ0n) is 17.2. The van der Waals surface area contributed by atoms with Crippen LogP contribution in [0.4, 0.5) is 4.39 Å². The molecule has 2 saturated heterocycles. The van der Waals surface area contributed by atoms with Crippen LogP contribution in [0.5, 0.6) is 0 Å². The van der Waals surface area contributed by atoms with E-state index in [-0.39, 0.29) is 23.5 Å². The molecular weight excluding hydrogens is 381 g/mol. The van der Waals surface area contributed by atoms with Gasteiger partial charge in [0.25, 0.3) is 0 Å². The molecule has 2 aliphatic rings. The summed E-state index contributed by atoms with van der Waals surface area (Å²) in [6, 6.07) is 16.7. The van der Waals surface area contributed by atoms with Crippen molar-refractivity contribution in [2.75, 3.05) is 39.3 Å². The second-order valence-corrected chi connectivity index (χ2v) is 8.20. The van der Waals surface area contributed by atoms with Crippen LogP contribution in [0.2, 0.25) is 0 Å². The van der Waals surface area contributed by atoms with E-state index < -0.39 is 0 Å². The van der Waals surface area contributed by atoms with Gasteiger partial charge in [0.05, 0.1) is 5.92 Å². The monoisotopic (exact) mass is 409 g/mol. The quantitative estimate of drug-likeness (QED) is 0.737. The van der Waals surface area contributed by atoms with Crippen molar-refractivity contribution in [3.63, 3.8) is 0 Å². The van der Waals surface area contributed by atoms with Crippen LogP contribution in [-0.4, -0.2) is 65.8 Å². The lowest BCUT2D eigenvalue weighted by Crippen LogP contribution is -2.50. The van der Waals surface area contributed by atoms with E-state index in [0.29, 0.717) is 39.0 Å². The van der Waals surface area contributed by atoms with Gasteiger partial charge in [-0.25, -0.2) is 4.39 Å². The molecule has 0 radical (unpaired) electrons. The van der Waals surface area contributed by atoms with Crippen LogP contribution in [0, 0.1) is 11.7 Å². The minimum Gasteiger partial charge on any atom is -0.342 e. The molecule has 5 nitrogen and oxygen atoms in total. The summed E-state index contributed by atoms with van der Waals surface area (Å²) >= 11 is 0. The first-order valence-corrected chi connectivity index (χ1v) is 10.7. The number of hydrogen-bond acceptors (Lipinski definition) is 3. The molecule has 0 unspecified atom stereocenters. The van der Waals surface area contributed by atoms with Crippen molar-refractivity contribution >= 4 is 11.8 Å². The third-order valence-electron chi connectivity index (χ3n) is 6.08. The van der Waals surface area contributed by atoms with E-state index in [2.05, 4.69) is 17.0 Å². The molecule has 2 aromatic rings. The van der Waals surface area contributed by atoms with E-state index in [9.17, 15) is 14.0 Å². The minimum atomic E-state index is -0.259. The first kappa shape index (κ1) is 20.5. The largest absolute Gasteiger partial charge is 0.342 e. The molecule has 0 aliphatic carbocycles. The number of carbonyl (C=O) groups is 2. The summed E-state index contributed by atoms with van der Waals surface area (Å²) in [5.74, 6) is -0.359. The molecule has 1 atom stereocenters. The van der Waals surface area contributed by atoms with Crippen molar-refractivity contribution in [3.8, 4) is 0 Å². The summed E-state index contributed by atoms with van der Waals surface area (Å²) in [5.41, 5.74) is 2.28. The van der Waals surface area contributed by atoms with Gasteiger partial charge in [-0.2, -0.15) is 0 Å². The third-order valence-corrected chi connectivity index (χ3v) is 6.08. The predicted octanol–water partition coefficient (Wildman–Crippen LogP) is 2.56. The van der Waals surface area contributed by atoms with Gasteiger partial charge < -0.3 is 9.80 Å². The Kier molecular flexibility index (Phi) is 6.43. The van der Waals surface area contributed by atoms with Crippen LogP contribution in [0.1, 0.15) is 17.5 Å². The molecule has 2 heterocycles. The maximum atomic E-state index is 13.0. The smallest absolute Gasteiger partial charge is 0.228 e. The van der Waals surface area contributed by atoms with Crippen LogP contribution in [0.3, 0.4) is 0 Å². The average Bonchev–Trinajstić information content (AvgIpc) is 3.15. The molecule has 2 aromatic carbocycles. The summed E-state index contributed by atoms with van der Waals surface area (Å²) < 4.78 is 13.0. The normalized spacial score (nSPS) is 20.0. The number of nitrogens with zero attached hydrogens (tertiary/aromatic N) is 3.